The van der Waals surface area contributed by atoms with Crippen LogP contribution in [0, 0.1) is 11.6 Å². The van der Waals surface area contributed by atoms with E-state index in [4.69, 9.17) is 5.73 Å². The highest BCUT2D eigenvalue weighted by Crippen LogP contribution is 2.09. The van der Waals surface area contributed by atoms with E-state index in [1.165, 1.54) is 0 Å². The summed E-state index contributed by atoms with van der Waals surface area (Å²) in [4.78, 5) is 22.9. The van der Waals surface area contributed by atoms with Crippen LogP contribution in [0.3, 0.4) is 0 Å². The third-order valence-electron chi connectivity index (χ3n) is 2.68. The van der Waals surface area contributed by atoms with Gasteiger partial charge in [0.15, 0.2) is 11.6 Å². The predicted molar refractivity (Wildman–Crippen MR) is 66.3 cm³/mol. The van der Waals surface area contributed by atoms with Crippen LogP contribution in [0.1, 0.15) is 36.5 Å². The van der Waals surface area contributed by atoms with Gasteiger partial charge in [0.2, 0.25) is 5.91 Å². The molecule has 0 heterocycles. The van der Waals surface area contributed by atoms with Gasteiger partial charge in [-0.05, 0) is 24.6 Å². The van der Waals surface area contributed by atoms with E-state index >= 15 is 0 Å². The fourth-order valence-electron chi connectivity index (χ4n) is 1.57. The second-order valence-corrected chi connectivity index (χ2v) is 4.20. The lowest BCUT2D eigenvalue weighted by Crippen LogP contribution is -2.44. The molecule has 2 amide bonds. The van der Waals surface area contributed by atoms with Crippen LogP contribution in [0.4, 0.5) is 8.78 Å². The van der Waals surface area contributed by atoms with E-state index in [9.17, 15) is 18.4 Å². The molecule has 1 aromatic carbocycles. The quantitative estimate of drug-likeness (QED) is 0.826. The molecule has 0 radical (unpaired) electrons. The molecule has 0 unspecified atom stereocenters. The van der Waals surface area contributed by atoms with Crippen LogP contribution in [0.2, 0.25) is 0 Å². The molecule has 0 fully saturated rings. The minimum Gasteiger partial charge on any atom is -0.368 e. The zero-order chi connectivity index (χ0) is 14.4. The summed E-state index contributed by atoms with van der Waals surface area (Å²) in [6, 6.07) is 1.98. The van der Waals surface area contributed by atoms with Crippen LogP contribution in [0.15, 0.2) is 18.2 Å². The summed E-state index contributed by atoms with van der Waals surface area (Å²) in [5.74, 6) is -3.45. The van der Waals surface area contributed by atoms with Crippen LogP contribution in [-0.4, -0.2) is 17.9 Å². The second kappa shape index (κ2) is 6.82. The number of unbranched alkanes of at least 4 members (excludes halogenated alkanes) is 1. The highest BCUT2D eigenvalue weighted by Gasteiger charge is 2.19. The number of nitrogens with one attached hydrogen (secondary N) is 1. The monoisotopic (exact) mass is 270 g/mol. The molecule has 0 aliphatic rings. The maximum atomic E-state index is 13.0. The molecule has 0 spiro atoms. The maximum Gasteiger partial charge on any atom is 0.252 e. The standard InChI is InChI=1S/C13H16F2N2O2/c1-2-3-4-11(12(16)18)17-13(19)8-5-6-9(14)10(15)7-8/h5-7,11H,2-4H2,1H3,(H2,16,18)(H,17,19)/t11-/m0/s1. The Labute approximate surface area is 110 Å². The predicted octanol–water partition coefficient (Wildman–Crippen LogP) is 1.74. The number of hydrogen-bond acceptors (Lipinski definition) is 2. The van der Waals surface area contributed by atoms with Gasteiger partial charge in [-0.2, -0.15) is 0 Å². The summed E-state index contributed by atoms with van der Waals surface area (Å²) < 4.78 is 25.7. The Balaban J connectivity index is 2.75. The Morgan fingerprint density at radius 2 is 2.00 bits per heavy atom. The number of carbonyl (C=O) groups excluding carboxylic acids is 2. The Kier molecular flexibility index (Phi) is 5.41. The molecular weight excluding hydrogens is 254 g/mol. The molecule has 6 heteroatoms. The number of carbonyl (C=O) groups is 2. The van der Waals surface area contributed by atoms with Gasteiger partial charge >= 0.3 is 0 Å². The topological polar surface area (TPSA) is 72.2 Å². The highest BCUT2D eigenvalue weighted by molar-refractivity contribution is 5.97. The number of amides is 2. The van der Waals surface area contributed by atoms with Crippen molar-refractivity contribution in [1.82, 2.24) is 5.32 Å². The Bertz CT molecular complexity index is 478. The van der Waals surface area contributed by atoms with Gasteiger partial charge in [0.05, 0.1) is 0 Å². The first-order chi connectivity index (χ1) is 8.95. The minimum atomic E-state index is -1.11. The van der Waals surface area contributed by atoms with Gasteiger partial charge in [-0.3, -0.25) is 9.59 Å². The van der Waals surface area contributed by atoms with Crippen molar-refractivity contribution in [3.8, 4) is 0 Å². The smallest absolute Gasteiger partial charge is 0.252 e. The van der Waals surface area contributed by atoms with Crippen molar-refractivity contribution in [2.45, 2.75) is 32.2 Å². The largest absolute Gasteiger partial charge is 0.368 e. The normalized spacial score (nSPS) is 11.9. The van der Waals surface area contributed by atoms with E-state index in [0.717, 1.165) is 31.0 Å². The lowest BCUT2D eigenvalue weighted by molar-refractivity contribution is -0.120. The average molecular weight is 270 g/mol. The van der Waals surface area contributed by atoms with E-state index < -0.39 is 29.5 Å². The molecule has 0 aliphatic heterocycles. The number of hydrogen-bond donors (Lipinski definition) is 2. The first kappa shape index (κ1) is 15.1. The van der Waals surface area contributed by atoms with Crippen molar-refractivity contribution in [2.24, 2.45) is 5.73 Å². The van der Waals surface area contributed by atoms with E-state index in [-0.39, 0.29) is 5.56 Å². The first-order valence-corrected chi connectivity index (χ1v) is 6.01. The summed E-state index contributed by atoms with van der Waals surface area (Å²) in [5, 5.41) is 2.41. The summed E-state index contributed by atoms with van der Waals surface area (Å²) in [5.41, 5.74) is 5.12. The molecule has 19 heavy (non-hydrogen) atoms. The lowest BCUT2D eigenvalue weighted by atomic mass is 10.1. The third kappa shape index (κ3) is 4.31. The van der Waals surface area contributed by atoms with Crippen molar-refractivity contribution < 1.29 is 18.4 Å². The minimum absolute atomic E-state index is 0.0540. The lowest BCUT2D eigenvalue weighted by Gasteiger charge is -2.15. The fraction of sp³-hybridized carbons (Fsp3) is 0.385. The molecular formula is C13H16F2N2O2. The first-order valence-electron chi connectivity index (χ1n) is 6.01. The van der Waals surface area contributed by atoms with Gasteiger partial charge in [0.1, 0.15) is 6.04 Å². The Morgan fingerprint density at radius 1 is 1.32 bits per heavy atom. The summed E-state index contributed by atoms with van der Waals surface area (Å²) >= 11 is 0. The van der Waals surface area contributed by atoms with Gasteiger partial charge in [-0.1, -0.05) is 19.8 Å². The molecule has 0 aromatic heterocycles. The Morgan fingerprint density at radius 3 is 2.53 bits per heavy atom. The zero-order valence-corrected chi connectivity index (χ0v) is 10.6. The maximum absolute atomic E-state index is 13.0. The van der Waals surface area contributed by atoms with Gasteiger partial charge in [0.25, 0.3) is 5.91 Å². The summed E-state index contributed by atoms with van der Waals surface area (Å²) in [6.45, 7) is 1.94. The van der Waals surface area contributed by atoms with Crippen LogP contribution >= 0.6 is 0 Å². The average Bonchev–Trinajstić information content (AvgIpc) is 2.37. The Hall–Kier alpha value is -1.98. The van der Waals surface area contributed by atoms with Crippen molar-refractivity contribution in [1.29, 1.82) is 0 Å². The third-order valence-corrected chi connectivity index (χ3v) is 2.68. The molecule has 1 aromatic rings. The van der Waals surface area contributed by atoms with Gasteiger partial charge in [-0.15, -0.1) is 0 Å². The van der Waals surface area contributed by atoms with Gasteiger partial charge in [0, 0.05) is 5.56 Å². The van der Waals surface area contributed by atoms with Crippen molar-refractivity contribution >= 4 is 11.8 Å². The molecule has 0 bridgehead atoms. The zero-order valence-electron chi connectivity index (χ0n) is 10.6. The highest BCUT2D eigenvalue weighted by atomic mass is 19.2. The van der Waals surface area contributed by atoms with Crippen LogP contribution in [0.25, 0.3) is 0 Å². The SMILES string of the molecule is CCCC[C@H](NC(=O)c1ccc(F)c(F)c1)C(N)=O. The van der Waals surface area contributed by atoms with Crippen LogP contribution < -0.4 is 11.1 Å². The van der Waals surface area contributed by atoms with E-state index in [0.29, 0.717) is 6.42 Å². The van der Waals surface area contributed by atoms with E-state index in [1.807, 2.05) is 6.92 Å². The van der Waals surface area contributed by atoms with Crippen molar-refractivity contribution in [3.05, 3.63) is 35.4 Å². The van der Waals surface area contributed by atoms with Crippen molar-refractivity contribution in [2.75, 3.05) is 0 Å². The van der Waals surface area contributed by atoms with Crippen LogP contribution in [0.5, 0.6) is 0 Å². The van der Waals surface area contributed by atoms with E-state index in [1.54, 1.807) is 0 Å². The number of rotatable bonds is 6. The van der Waals surface area contributed by atoms with Gasteiger partial charge < -0.3 is 11.1 Å². The molecule has 104 valence electrons. The summed E-state index contributed by atoms with van der Waals surface area (Å²) in [6.07, 6.45) is 2.00. The molecule has 1 rings (SSSR count). The number of benzene rings is 1. The summed E-state index contributed by atoms with van der Waals surface area (Å²) in [7, 11) is 0. The number of halogens is 2. The second-order valence-electron chi connectivity index (χ2n) is 4.20. The van der Waals surface area contributed by atoms with E-state index in [2.05, 4.69) is 5.32 Å². The van der Waals surface area contributed by atoms with Gasteiger partial charge in [-0.25, -0.2) is 8.78 Å². The number of nitrogens with two attached hydrogens (primary N) is 1. The van der Waals surface area contributed by atoms with Crippen molar-refractivity contribution in [3.63, 3.8) is 0 Å². The molecule has 1 atom stereocenters. The molecule has 3 N–H and O–H groups in total. The molecule has 0 saturated carbocycles. The van der Waals surface area contributed by atoms with Crippen LogP contribution in [-0.2, 0) is 4.79 Å². The molecule has 0 aliphatic carbocycles. The molecule has 0 saturated heterocycles. The molecule has 4 nitrogen and oxygen atoms in total. The number of primary amides is 1. The fourth-order valence-corrected chi connectivity index (χ4v) is 1.57.